The molecule has 0 radical (unpaired) electrons. The van der Waals surface area contributed by atoms with Gasteiger partial charge in [-0.25, -0.2) is 0 Å². The quantitative estimate of drug-likeness (QED) is 0.728. The number of alkyl halides is 3. The first-order valence-electron chi connectivity index (χ1n) is 6.16. The lowest BCUT2D eigenvalue weighted by atomic mass is 9.64. The lowest BCUT2D eigenvalue weighted by molar-refractivity contribution is -0.137. The van der Waals surface area contributed by atoms with Gasteiger partial charge in [0.05, 0.1) is 5.56 Å². The van der Waals surface area contributed by atoms with E-state index in [1.165, 1.54) is 0 Å². The van der Waals surface area contributed by atoms with Gasteiger partial charge < -0.3 is 14.0 Å². The van der Waals surface area contributed by atoms with Gasteiger partial charge in [-0.1, -0.05) is 35.0 Å². The Labute approximate surface area is 122 Å². The van der Waals surface area contributed by atoms with Crippen molar-refractivity contribution in [2.24, 2.45) is 5.41 Å². The van der Waals surface area contributed by atoms with Crippen LogP contribution < -0.4 is 5.46 Å². The highest BCUT2D eigenvalue weighted by Crippen LogP contribution is 2.36. The summed E-state index contributed by atoms with van der Waals surface area (Å²) >= 11 is 3.09. The largest absolute Gasteiger partial charge is 0.540 e. The molecule has 3 aliphatic heterocycles. The van der Waals surface area contributed by atoms with Gasteiger partial charge in [0.1, 0.15) is 0 Å². The molecule has 1 aromatic carbocycles. The van der Waals surface area contributed by atoms with Gasteiger partial charge >= 0.3 is 12.9 Å². The minimum absolute atomic E-state index is 0.220. The zero-order chi connectivity index (χ0) is 14.6. The second-order valence-electron chi connectivity index (χ2n) is 5.66. The summed E-state index contributed by atoms with van der Waals surface area (Å²) in [7, 11) is 0. The average molecular weight is 352 g/mol. The molecule has 0 spiro atoms. The maximum absolute atomic E-state index is 12.9. The fourth-order valence-electron chi connectivity index (χ4n) is 2.47. The summed E-state index contributed by atoms with van der Waals surface area (Å²) in [4.78, 5) is 0. The highest BCUT2D eigenvalue weighted by molar-refractivity contribution is 9.10. The van der Waals surface area contributed by atoms with E-state index >= 15 is 0 Å². The van der Waals surface area contributed by atoms with Crippen LogP contribution in [0, 0.1) is 5.41 Å². The normalized spacial score (nSPS) is 33.5. The standard InChI is InChI=1S/C12H12BBrF3O3/c1-11-5-18-13(19-6-11,20-7-11)9-2-8(12(15,16)17)3-10(14)4-9/h2-4H,5-7H2,1H3/q-1. The van der Waals surface area contributed by atoms with Crippen LogP contribution in [0.5, 0.6) is 0 Å². The maximum Gasteiger partial charge on any atom is 0.416 e. The number of fused-ring (bicyclic) bond motifs is 3. The van der Waals surface area contributed by atoms with Gasteiger partial charge in [-0.3, -0.25) is 0 Å². The van der Waals surface area contributed by atoms with Crippen LogP contribution in [0.1, 0.15) is 12.5 Å². The zero-order valence-corrected chi connectivity index (χ0v) is 12.3. The molecule has 0 atom stereocenters. The summed E-state index contributed by atoms with van der Waals surface area (Å²) in [5, 5.41) is 0. The molecule has 20 heavy (non-hydrogen) atoms. The summed E-state index contributed by atoms with van der Waals surface area (Å²) in [5.41, 5.74) is -0.705. The first kappa shape index (κ1) is 14.4. The van der Waals surface area contributed by atoms with E-state index in [-0.39, 0.29) is 10.9 Å². The Morgan fingerprint density at radius 3 is 2.15 bits per heavy atom. The van der Waals surface area contributed by atoms with Gasteiger partial charge in [0.25, 0.3) is 0 Å². The van der Waals surface area contributed by atoms with Crippen molar-refractivity contribution in [2.75, 3.05) is 19.8 Å². The summed E-state index contributed by atoms with van der Waals surface area (Å²) in [5.74, 6) is 0. The Morgan fingerprint density at radius 2 is 1.65 bits per heavy atom. The highest BCUT2D eigenvalue weighted by Gasteiger charge is 2.47. The van der Waals surface area contributed by atoms with Crippen molar-refractivity contribution in [3.05, 3.63) is 28.2 Å². The second kappa shape index (κ2) is 4.46. The molecule has 3 saturated heterocycles. The van der Waals surface area contributed by atoms with Gasteiger partial charge in [0, 0.05) is 29.7 Å². The first-order chi connectivity index (χ1) is 9.23. The van der Waals surface area contributed by atoms with Crippen LogP contribution in [-0.4, -0.2) is 26.6 Å². The van der Waals surface area contributed by atoms with Gasteiger partial charge in [-0.15, -0.1) is 5.46 Å². The van der Waals surface area contributed by atoms with E-state index in [0.717, 1.165) is 12.1 Å². The monoisotopic (exact) mass is 351 g/mol. The molecule has 0 saturated carbocycles. The Balaban J connectivity index is 2.00. The van der Waals surface area contributed by atoms with Crippen LogP contribution in [0.4, 0.5) is 13.2 Å². The molecular formula is C12H12BBrF3O3-. The molecule has 0 aliphatic carbocycles. The average Bonchev–Trinajstić information content (AvgIpc) is 2.38. The lowest BCUT2D eigenvalue weighted by Crippen LogP contribution is -2.68. The Bertz CT molecular complexity index is 525. The van der Waals surface area contributed by atoms with Crippen LogP contribution in [0.25, 0.3) is 0 Å². The molecule has 3 heterocycles. The van der Waals surface area contributed by atoms with Crippen molar-refractivity contribution >= 4 is 28.1 Å². The summed E-state index contributed by atoms with van der Waals surface area (Å²) in [6.45, 7) is 0.932. The molecule has 0 N–H and O–H groups in total. The smallest absolute Gasteiger partial charge is 0.416 e. The molecule has 0 aromatic heterocycles. The Hall–Kier alpha value is -0.565. The first-order valence-corrected chi connectivity index (χ1v) is 6.95. The number of hydrogen-bond donors (Lipinski definition) is 0. The van der Waals surface area contributed by atoms with E-state index in [4.69, 9.17) is 14.0 Å². The molecular weight excluding hydrogens is 340 g/mol. The van der Waals surface area contributed by atoms with Crippen molar-refractivity contribution < 1.29 is 27.1 Å². The SMILES string of the molecule is CC12CO[B-](c3cc(Br)cc(C(F)(F)F)c3)(OC1)OC2. The summed E-state index contributed by atoms with van der Waals surface area (Å²) in [6, 6.07) is 3.59. The number of halogens is 4. The predicted octanol–water partition coefficient (Wildman–Crippen LogP) is 2.70. The van der Waals surface area contributed by atoms with E-state index in [0.29, 0.717) is 24.3 Å². The second-order valence-corrected chi connectivity index (χ2v) is 6.57. The fraction of sp³-hybridized carbons (Fsp3) is 0.500. The molecule has 8 heteroatoms. The third-order valence-electron chi connectivity index (χ3n) is 3.61. The summed E-state index contributed by atoms with van der Waals surface area (Å²) < 4.78 is 55.8. The Morgan fingerprint density at radius 1 is 1.10 bits per heavy atom. The predicted molar refractivity (Wildman–Crippen MR) is 70.5 cm³/mol. The third kappa shape index (κ3) is 2.39. The number of benzene rings is 1. The fourth-order valence-corrected chi connectivity index (χ4v) is 2.98. The van der Waals surface area contributed by atoms with Gasteiger partial charge in [-0.05, 0) is 6.07 Å². The topological polar surface area (TPSA) is 27.7 Å². The molecule has 0 unspecified atom stereocenters. The van der Waals surface area contributed by atoms with Gasteiger partial charge in [0.15, 0.2) is 0 Å². The van der Waals surface area contributed by atoms with Crippen LogP contribution in [0.15, 0.2) is 22.7 Å². The van der Waals surface area contributed by atoms with Crippen molar-refractivity contribution in [1.29, 1.82) is 0 Å². The minimum Gasteiger partial charge on any atom is -0.540 e. The van der Waals surface area contributed by atoms with Crippen molar-refractivity contribution in [2.45, 2.75) is 13.1 Å². The van der Waals surface area contributed by atoms with Crippen molar-refractivity contribution in [1.82, 2.24) is 0 Å². The molecule has 4 rings (SSSR count). The van der Waals surface area contributed by atoms with E-state index in [2.05, 4.69) is 15.9 Å². The van der Waals surface area contributed by atoms with Crippen LogP contribution in [-0.2, 0) is 20.1 Å². The summed E-state index contributed by atoms with van der Waals surface area (Å²) in [6.07, 6.45) is -4.43. The third-order valence-corrected chi connectivity index (χ3v) is 4.07. The van der Waals surface area contributed by atoms with Crippen molar-refractivity contribution in [3.63, 3.8) is 0 Å². The molecule has 1 aromatic rings. The van der Waals surface area contributed by atoms with E-state index < -0.39 is 18.5 Å². The Kier molecular flexibility index (Phi) is 3.21. The van der Waals surface area contributed by atoms with Crippen molar-refractivity contribution in [3.8, 4) is 0 Å². The molecule has 3 fully saturated rings. The minimum atomic E-state index is -4.43. The van der Waals surface area contributed by atoms with Crippen LogP contribution in [0.3, 0.4) is 0 Å². The van der Waals surface area contributed by atoms with E-state index in [1.54, 1.807) is 6.07 Å². The molecule has 2 bridgehead atoms. The molecule has 110 valence electrons. The van der Waals surface area contributed by atoms with Gasteiger partial charge in [-0.2, -0.15) is 13.2 Å². The zero-order valence-electron chi connectivity index (χ0n) is 10.7. The lowest BCUT2D eigenvalue weighted by Gasteiger charge is -2.58. The van der Waals surface area contributed by atoms with E-state index in [9.17, 15) is 13.2 Å². The van der Waals surface area contributed by atoms with Crippen LogP contribution >= 0.6 is 15.9 Å². The number of rotatable bonds is 1. The maximum atomic E-state index is 12.9. The number of hydrogen-bond acceptors (Lipinski definition) is 3. The molecule has 3 nitrogen and oxygen atoms in total. The molecule has 0 amide bonds. The van der Waals surface area contributed by atoms with Gasteiger partial charge in [0.2, 0.25) is 0 Å². The molecule has 3 aliphatic rings. The highest BCUT2D eigenvalue weighted by atomic mass is 79.9. The van der Waals surface area contributed by atoms with E-state index in [1.807, 2.05) is 6.92 Å². The van der Waals surface area contributed by atoms with Crippen LogP contribution in [0.2, 0.25) is 0 Å².